The first-order valence-electron chi connectivity index (χ1n) is 7.14. The van der Waals surface area contributed by atoms with Crippen molar-refractivity contribution in [3.63, 3.8) is 0 Å². The summed E-state index contributed by atoms with van der Waals surface area (Å²) >= 11 is 6.07. The van der Waals surface area contributed by atoms with E-state index in [4.69, 9.17) is 21.1 Å². The van der Waals surface area contributed by atoms with Gasteiger partial charge < -0.3 is 14.0 Å². The number of methoxy groups -OCH3 is 1. The molecule has 1 aromatic heterocycles. The largest absolute Gasteiger partial charge is 0.489 e. The van der Waals surface area contributed by atoms with Crippen LogP contribution in [-0.2, 0) is 17.2 Å². The molecule has 5 heteroatoms. The summed E-state index contributed by atoms with van der Waals surface area (Å²) < 4.78 is 13.5. The fraction of sp³-hybridized carbons (Fsp3) is 0.562. The standard InChI is InChI=1S/C16H23ClN2O2/c1-11(2)21-13-8-6-7-12-15(13)18-14(9-17)19(12)10-16(3,4)20-5/h6-8,11H,9-10H2,1-5H3. The molecule has 2 rings (SSSR count). The number of rotatable bonds is 6. The maximum atomic E-state index is 6.07. The molecule has 116 valence electrons. The van der Waals surface area contributed by atoms with Gasteiger partial charge in [-0.25, -0.2) is 4.98 Å². The Morgan fingerprint density at radius 3 is 2.62 bits per heavy atom. The van der Waals surface area contributed by atoms with Gasteiger partial charge in [-0.2, -0.15) is 0 Å². The third-order valence-corrected chi connectivity index (χ3v) is 3.63. The molecule has 1 heterocycles. The van der Waals surface area contributed by atoms with E-state index in [1.165, 1.54) is 0 Å². The molecule has 21 heavy (non-hydrogen) atoms. The predicted octanol–water partition coefficient (Wildman–Crippen LogP) is 3.99. The highest BCUT2D eigenvalue weighted by atomic mass is 35.5. The lowest BCUT2D eigenvalue weighted by atomic mass is 10.1. The normalized spacial score (nSPS) is 12.3. The van der Waals surface area contributed by atoms with Crippen LogP contribution < -0.4 is 4.74 Å². The molecule has 0 radical (unpaired) electrons. The predicted molar refractivity (Wildman–Crippen MR) is 86.1 cm³/mol. The molecule has 0 aliphatic heterocycles. The molecule has 0 saturated carbocycles. The van der Waals surface area contributed by atoms with Crippen LogP contribution in [0.1, 0.15) is 33.5 Å². The molecule has 0 aliphatic rings. The van der Waals surface area contributed by atoms with Gasteiger partial charge in [-0.15, -0.1) is 11.6 Å². The van der Waals surface area contributed by atoms with E-state index in [2.05, 4.69) is 9.55 Å². The molecule has 0 unspecified atom stereocenters. The molecule has 0 aliphatic carbocycles. The summed E-state index contributed by atoms with van der Waals surface area (Å²) in [6, 6.07) is 5.96. The summed E-state index contributed by atoms with van der Waals surface area (Å²) in [5.41, 5.74) is 1.59. The minimum atomic E-state index is -0.288. The second-order valence-electron chi connectivity index (χ2n) is 6.00. The monoisotopic (exact) mass is 310 g/mol. The van der Waals surface area contributed by atoms with Gasteiger partial charge in [-0.05, 0) is 39.8 Å². The van der Waals surface area contributed by atoms with Gasteiger partial charge >= 0.3 is 0 Å². The van der Waals surface area contributed by atoms with Crippen molar-refractivity contribution in [2.24, 2.45) is 0 Å². The highest BCUT2D eigenvalue weighted by molar-refractivity contribution is 6.16. The van der Waals surface area contributed by atoms with Crippen molar-refractivity contribution in [1.29, 1.82) is 0 Å². The Labute approximate surface area is 131 Å². The fourth-order valence-electron chi connectivity index (χ4n) is 2.24. The minimum absolute atomic E-state index is 0.107. The Morgan fingerprint density at radius 1 is 1.33 bits per heavy atom. The zero-order chi connectivity index (χ0) is 15.6. The average molecular weight is 311 g/mol. The molecule has 0 spiro atoms. The van der Waals surface area contributed by atoms with Crippen molar-refractivity contribution >= 4 is 22.6 Å². The molecular formula is C16H23ClN2O2. The topological polar surface area (TPSA) is 36.3 Å². The Morgan fingerprint density at radius 2 is 2.05 bits per heavy atom. The maximum Gasteiger partial charge on any atom is 0.147 e. The van der Waals surface area contributed by atoms with Crippen LogP contribution in [0.4, 0.5) is 0 Å². The minimum Gasteiger partial charge on any atom is -0.489 e. The van der Waals surface area contributed by atoms with Gasteiger partial charge in [0.2, 0.25) is 0 Å². The molecule has 0 N–H and O–H groups in total. The van der Waals surface area contributed by atoms with Crippen LogP contribution >= 0.6 is 11.6 Å². The van der Waals surface area contributed by atoms with Crippen LogP contribution in [0.25, 0.3) is 11.0 Å². The second kappa shape index (κ2) is 6.24. The van der Waals surface area contributed by atoms with E-state index in [-0.39, 0.29) is 11.7 Å². The number of imidazole rings is 1. The maximum absolute atomic E-state index is 6.07. The third-order valence-electron chi connectivity index (χ3n) is 3.39. The summed E-state index contributed by atoms with van der Waals surface area (Å²) in [5, 5.41) is 0. The van der Waals surface area contributed by atoms with Crippen molar-refractivity contribution in [3.8, 4) is 5.75 Å². The molecular weight excluding hydrogens is 288 g/mol. The lowest BCUT2D eigenvalue weighted by molar-refractivity contribution is 0.00854. The number of ether oxygens (including phenoxy) is 2. The number of hydrogen-bond donors (Lipinski definition) is 0. The molecule has 0 atom stereocenters. The Kier molecular flexibility index (Phi) is 4.79. The van der Waals surface area contributed by atoms with Crippen molar-refractivity contribution in [2.45, 2.75) is 51.8 Å². The van der Waals surface area contributed by atoms with Crippen LogP contribution in [0.2, 0.25) is 0 Å². The Hall–Kier alpha value is -1.26. The van der Waals surface area contributed by atoms with Crippen LogP contribution in [0.15, 0.2) is 18.2 Å². The zero-order valence-electron chi connectivity index (χ0n) is 13.3. The highest BCUT2D eigenvalue weighted by Crippen LogP contribution is 2.29. The first kappa shape index (κ1) is 16.1. The summed E-state index contributed by atoms with van der Waals surface area (Å²) in [6.07, 6.45) is 0.107. The number of halogens is 1. The quantitative estimate of drug-likeness (QED) is 0.757. The van der Waals surface area contributed by atoms with Crippen LogP contribution in [0.3, 0.4) is 0 Å². The van der Waals surface area contributed by atoms with Crippen molar-refractivity contribution in [2.75, 3.05) is 7.11 Å². The molecule has 0 amide bonds. The van der Waals surface area contributed by atoms with Crippen LogP contribution in [-0.4, -0.2) is 28.4 Å². The molecule has 0 fully saturated rings. The van der Waals surface area contributed by atoms with Gasteiger partial charge in [0, 0.05) is 7.11 Å². The SMILES string of the molecule is COC(C)(C)Cn1c(CCl)nc2c(OC(C)C)cccc21. The first-order chi connectivity index (χ1) is 9.88. The lowest BCUT2D eigenvalue weighted by Crippen LogP contribution is -2.29. The van der Waals surface area contributed by atoms with Gasteiger partial charge in [0.1, 0.15) is 17.1 Å². The van der Waals surface area contributed by atoms with E-state index < -0.39 is 0 Å². The fourth-order valence-corrected chi connectivity index (χ4v) is 2.45. The Balaban J connectivity index is 2.54. The number of hydrogen-bond acceptors (Lipinski definition) is 3. The van der Waals surface area contributed by atoms with Gasteiger partial charge in [0.05, 0.1) is 29.6 Å². The number of fused-ring (bicyclic) bond motifs is 1. The van der Waals surface area contributed by atoms with Crippen LogP contribution in [0.5, 0.6) is 5.75 Å². The molecule has 0 saturated heterocycles. The second-order valence-corrected chi connectivity index (χ2v) is 6.27. The smallest absolute Gasteiger partial charge is 0.147 e. The molecule has 0 bridgehead atoms. The molecule has 4 nitrogen and oxygen atoms in total. The summed E-state index contributed by atoms with van der Waals surface area (Å²) in [5.74, 6) is 1.98. The first-order valence-corrected chi connectivity index (χ1v) is 7.67. The number of nitrogens with zero attached hydrogens (tertiary/aromatic N) is 2. The van der Waals surface area contributed by atoms with Crippen molar-refractivity contribution in [3.05, 3.63) is 24.0 Å². The Bertz CT molecular complexity index is 620. The van der Waals surface area contributed by atoms with Gasteiger partial charge in [0.25, 0.3) is 0 Å². The van der Waals surface area contributed by atoms with E-state index >= 15 is 0 Å². The van der Waals surface area contributed by atoms with Crippen molar-refractivity contribution in [1.82, 2.24) is 9.55 Å². The zero-order valence-corrected chi connectivity index (χ0v) is 14.1. The van der Waals surface area contributed by atoms with E-state index in [9.17, 15) is 0 Å². The van der Waals surface area contributed by atoms with E-state index in [0.717, 1.165) is 22.6 Å². The summed E-state index contributed by atoms with van der Waals surface area (Å²) in [4.78, 5) is 4.65. The van der Waals surface area contributed by atoms with E-state index in [0.29, 0.717) is 12.4 Å². The van der Waals surface area contributed by atoms with Crippen molar-refractivity contribution < 1.29 is 9.47 Å². The van der Waals surface area contributed by atoms with Crippen LogP contribution in [0, 0.1) is 0 Å². The molecule has 1 aromatic carbocycles. The average Bonchev–Trinajstić information content (AvgIpc) is 2.77. The summed E-state index contributed by atoms with van der Waals surface area (Å²) in [7, 11) is 1.72. The lowest BCUT2D eigenvalue weighted by Gasteiger charge is -2.24. The third kappa shape index (κ3) is 3.50. The van der Waals surface area contributed by atoms with E-state index in [1.807, 2.05) is 45.9 Å². The van der Waals surface area contributed by atoms with E-state index in [1.54, 1.807) is 7.11 Å². The number of benzene rings is 1. The number of aromatic nitrogens is 2. The number of para-hydroxylation sites is 1. The number of alkyl halides is 1. The summed E-state index contributed by atoms with van der Waals surface area (Å²) in [6.45, 7) is 8.79. The van der Waals surface area contributed by atoms with Gasteiger partial charge in [-0.1, -0.05) is 6.07 Å². The highest BCUT2D eigenvalue weighted by Gasteiger charge is 2.22. The molecule has 2 aromatic rings. The van der Waals surface area contributed by atoms with Gasteiger partial charge in [0.15, 0.2) is 0 Å². The van der Waals surface area contributed by atoms with Gasteiger partial charge in [-0.3, -0.25) is 0 Å².